The molecule has 0 aliphatic heterocycles. The number of methoxy groups -OCH3 is 2. The number of aryl methyl sites for hydroxylation is 2. The van der Waals surface area contributed by atoms with Crippen LogP contribution >= 0.6 is 0 Å². The Hall–Kier alpha value is -7.32. The zero-order valence-corrected chi connectivity index (χ0v) is 31.4. The Bertz CT molecular complexity index is 2620. The summed E-state index contributed by atoms with van der Waals surface area (Å²) in [7, 11) is 3.14. The molecule has 0 radical (unpaired) electrons. The predicted molar refractivity (Wildman–Crippen MR) is 225 cm³/mol. The van der Waals surface area contributed by atoms with Crippen molar-refractivity contribution in [3.63, 3.8) is 0 Å². The van der Waals surface area contributed by atoms with Crippen molar-refractivity contribution >= 4 is 45.0 Å². The van der Waals surface area contributed by atoms with E-state index in [1.54, 1.807) is 14.2 Å². The number of nitrogens with one attached hydrogen (secondary N) is 2. The van der Waals surface area contributed by atoms with Gasteiger partial charge < -0.3 is 20.1 Å². The minimum absolute atomic E-state index is 0.278. The second-order valence-electron chi connectivity index (χ2n) is 13.5. The van der Waals surface area contributed by atoms with E-state index in [0.717, 1.165) is 66.6 Å². The Kier molecular flexibility index (Phi) is 9.69. The fourth-order valence-electron chi connectivity index (χ4n) is 7.05. The fourth-order valence-corrected chi connectivity index (χ4v) is 7.05. The van der Waals surface area contributed by atoms with Crippen LogP contribution in [0.5, 0.6) is 11.5 Å². The number of rotatable bonds is 9. The predicted octanol–water partition coefficient (Wildman–Crippen LogP) is 10.9. The largest absolute Gasteiger partial charge is 0.495 e. The van der Waals surface area contributed by atoms with E-state index in [-0.39, 0.29) is 11.8 Å². The van der Waals surface area contributed by atoms with E-state index in [1.807, 2.05) is 159 Å². The number of hydrogen-bond donors (Lipinski definition) is 2. The third-order valence-electron chi connectivity index (χ3n) is 10.00. The molecule has 0 unspecified atom stereocenters. The van der Waals surface area contributed by atoms with Crippen LogP contribution in [0.25, 0.3) is 55.4 Å². The lowest BCUT2D eigenvalue weighted by Gasteiger charge is -2.16. The lowest BCUT2D eigenvalue weighted by molar-refractivity contribution is 0.102. The van der Waals surface area contributed by atoms with Crippen molar-refractivity contribution in [1.29, 1.82) is 0 Å². The SMILES string of the molecule is COc1cc(-c2ccc(NC(=O)c3cc(-c4ccccc4C)nc4ccccc34)c(OC)c2)ccc1NC(=O)c1cc(-c2ccccc2C)nc2ccccc12. The van der Waals surface area contributed by atoms with Crippen molar-refractivity contribution in [2.24, 2.45) is 0 Å². The first kappa shape index (κ1) is 35.7. The average molecular weight is 735 g/mol. The Balaban J connectivity index is 1.07. The van der Waals surface area contributed by atoms with Crippen LogP contribution in [0.15, 0.2) is 146 Å². The number of fused-ring (bicyclic) bond motifs is 2. The number of para-hydroxylation sites is 2. The van der Waals surface area contributed by atoms with Crippen LogP contribution in [-0.2, 0) is 0 Å². The Labute approximate surface area is 324 Å². The molecule has 0 saturated heterocycles. The van der Waals surface area contributed by atoms with Gasteiger partial charge in [-0.1, -0.05) is 97.1 Å². The zero-order chi connectivity index (χ0) is 38.8. The second-order valence-corrected chi connectivity index (χ2v) is 13.5. The molecule has 0 bridgehead atoms. The smallest absolute Gasteiger partial charge is 0.256 e. The second kappa shape index (κ2) is 15.2. The van der Waals surface area contributed by atoms with E-state index in [1.165, 1.54) is 0 Å². The van der Waals surface area contributed by atoms with E-state index < -0.39 is 0 Å². The number of hydrogen-bond acceptors (Lipinski definition) is 6. The third-order valence-corrected chi connectivity index (χ3v) is 10.00. The van der Waals surface area contributed by atoms with Crippen LogP contribution in [0.2, 0.25) is 0 Å². The molecule has 2 amide bonds. The first-order chi connectivity index (χ1) is 27.3. The van der Waals surface area contributed by atoms with Gasteiger partial charge in [0.25, 0.3) is 11.8 Å². The fraction of sp³-hybridized carbons (Fsp3) is 0.0833. The van der Waals surface area contributed by atoms with E-state index in [2.05, 4.69) is 10.6 Å². The van der Waals surface area contributed by atoms with Crippen molar-refractivity contribution in [1.82, 2.24) is 9.97 Å². The van der Waals surface area contributed by atoms with Gasteiger partial charge in [-0.25, -0.2) is 9.97 Å². The monoisotopic (exact) mass is 734 g/mol. The summed E-state index contributed by atoms with van der Waals surface area (Å²) in [5.41, 5.74) is 10.7. The summed E-state index contributed by atoms with van der Waals surface area (Å²) in [5, 5.41) is 7.65. The first-order valence-electron chi connectivity index (χ1n) is 18.2. The van der Waals surface area contributed by atoms with Gasteiger partial charge in [-0.05, 0) is 84.6 Å². The van der Waals surface area contributed by atoms with Crippen molar-refractivity contribution in [2.45, 2.75) is 13.8 Å². The quantitative estimate of drug-likeness (QED) is 0.153. The minimum atomic E-state index is -0.278. The molecule has 8 heteroatoms. The van der Waals surface area contributed by atoms with Crippen molar-refractivity contribution in [2.75, 3.05) is 24.9 Å². The minimum Gasteiger partial charge on any atom is -0.495 e. The maximum atomic E-state index is 14.0. The molecule has 2 aromatic heterocycles. The van der Waals surface area contributed by atoms with Crippen molar-refractivity contribution in [3.05, 3.63) is 168 Å². The maximum Gasteiger partial charge on any atom is 0.256 e. The van der Waals surface area contributed by atoms with Crippen LogP contribution in [-0.4, -0.2) is 36.0 Å². The summed E-state index contributed by atoms with van der Waals surface area (Å²) >= 11 is 0. The van der Waals surface area contributed by atoms with Crippen molar-refractivity contribution in [3.8, 4) is 45.1 Å². The molecule has 8 nitrogen and oxygen atoms in total. The molecule has 0 saturated carbocycles. The van der Waals surface area contributed by atoms with Gasteiger partial charge >= 0.3 is 0 Å². The molecule has 0 fully saturated rings. The van der Waals surface area contributed by atoms with E-state index in [4.69, 9.17) is 19.4 Å². The molecule has 8 aromatic rings. The van der Waals surface area contributed by atoms with Crippen LogP contribution in [0.4, 0.5) is 11.4 Å². The molecular weight excluding hydrogens is 697 g/mol. The lowest BCUT2D eigenvalue weighted by Crippen LogP contribution is -2.14. The summed E-state index contributed by atoms with van der Waals surface area (Å²) < 4.78 is 11.6. The van der Waals surface area contributed by atoms with Crippen molar-refractivity contribution < 1.29 is 19.1 Å². The maximum absolute atomic E-state index is 14.0. The highest BCUT2D eigenvalue weighted by Gasteiger charge is 2.19. The van der Waals surface area contributed by atoms with Crippen LogP contribution < -0.4 is 20.1 Å². The van der Waals surface area contributed by atoms with Crippen LogP contribution in [0.3, 0.4) is 0 Å². The average Bonchev–Trinajstić information content (AvgIpc) is 3.23. The number of ether oxygens (including phenoxy) is 2. The highest BCUT2D eigenvalue weighted by Crippen LogP contribution is 2.37. The molecule has 0 aliphatic rings. The van der Waals surface area contributed by atoms with Gasteiger partial charge in [-0.3, -0.25) is 9.59 Å². The highest BCUT2D eigenvalue weighted by atomic mass is 16.5. The van der Waals surface area contributed by atoms with Gasteiger partial charge in [0, 0.05) is 21.9 Å². The van der Waals surface area contributed by atoms with Gasteiger partial charge in [0.2, 0.25) is 0 Å². The molecule has 0 atom stereocenters. The number of carbonyl (C=O) groups excluding carboxylic acids is 2. The number of nitrogens with zero attached hydrogens (tertiary/aromatic N) is 2. The summed E-state index contributed by atoms with van der Waals surface area (Å²) in [6.07, 6.45) is 0. The summed E-state index contributed by atoms with van der Waals surface area (Å²) in [6, 6.07) is 46.1. The van der Waals surface area contributed by atoms with Gasteiger partial charge in [-0.15, -0.1) is 0 Å². The molecule has 2 N–H and O–H groups in total. The van der Waals surface area contributed by atoms with E-state index >= 15 is 0 Å². The Morgan fingerprint density at radius 1 is 0.482 bits per heavy atom. The Morgan fingerprint density at radius 3 is 1.29 bits per heavy atom. The molecule has 0 aliphatic carbocycles. The number of aromatic nitrogens is 2. The van der Waals surface area contributed by atoms with Crippen LogP contribution in [0.1, 0.15) is 31.8 Å². The van der Waals surface area contributed by atoms with Gasteiger partial charge in [0.15, 0.2) is 0 Å². The zero-order valence-electron chi connectivity index (χ0n) is 31.4. The first-order valence-corrected chi connectivity index (χ1v) is 18.2. The number of benzene rings is 6. The normalized spacial score (nSPS) is 11.0. The summed E-state index contributed by atoms with van der Waals surface area (Å²) in [6.45, 7) is 4.06. The van der Waals surface area contributed by atoms with Gasteiger partial charge in [0.1, 0.15) is 11.5 Å². The molecule has 0 spiro atoms. The third kappa shape index (κ3) is 6.92. The lowest BCUT2D eigenvalue weighted by atomic mass is 10.00. The molecule has 274 valence electrons. The number of pyridine rings is 2. The van der Waals surface area contributed by atoms with Gasteiger partial charge in [0.05, 0.1) is 59.1 Å². The Morgan fingerprint density at radius 2 is 0.875 bits per heavy atom. The number of carbonyl (C=O) groups is 2. The molecule has 56 heavy (non-hydrogen) atoms. The highest BCUT2D eigenvalue weighted by molar-refractivity contribution is 6.14. The summed E-state index contributed by atoms with van der Waals surface area (Å²) in [4.78, 5) is 37.7. The summed E-state index contributed by atoms with van der Waals surface area (Å²) in [5.74, 6) is 0.413. The standard InChI is InChI=1S/C48H38N4O4/c1-29-13-5-7-15-33(29)43-27-37(35-17-9-11-19-39(35)49-43)47(53)51-41-23-21-31(25-45(41)55-3)32-22-24-42(46(26-32)56-4)52-48(54)38-28-44(34-16-8-6-14-30(34)2)50-40-20-12-10-18-36(38)40/h5-28H,1-4H3,(H,51,53)(H,52,54). The van der Waals surface area contributed by atoms with Gasteiger partial charge in [-0.2, -0.15) is 0 Å². The number of amides is 2. The molecule has 6 aromatic carbocycles. The van der Waals surface area contributed by atoms with E-state index in [9.17, 15) is 9.59 Å². The molecular formula is C48H38N4O4. The van der Waals surface area contributed by atoms with E-state index in [0.29, 0.717) is 34.0 Å². The molecule has 2 heterocycles. The van der Waals surface area contributed by atoms with Crippen LogP contribution in [0, 0.1) is 13.8 Å². The number of anilines is 2. The molecule has 8 rings (SSSR count). The topological polar surface area (TPSA) is 102 Å².